The largest absolute Gasteiger partial charge is 0.268 e. The molecular formula is C18H18BrN3S. The molecule has 0 unspecified atom stereocenters. The Morgan fingerprint density at radius 1 is 1.00 bits per heavy atom. The van der Waals surface area contributed by atoms with E-state index in [1.165, 1.54) is 5.56 Å². The number of nitrogens with one attached hydrogen (secondary N) is 1. The van der Waals surface area contributed by atoms with Gasteiger partial charge >= 0.3 is 0 Å². The van der Waals surface area contributed by atoms with E-state index in [4.69, 9.17) is 12.2 Å². The summed E-state index contributed by atoms with van der Waals surface area (Å²) in [5.74, 6) is 0.817. The Bertz CT molecular complexity index is 868. The van der Waals surface area contributed by atoms with Gasteiger partial charge in [0.1, 0.15) is 0 Å². The molecule has 0 radical (unpaired) electrons. The lowest BCUT2D eigenvalue weighted by atomic mass is 9.87. The van der Waals surface area contributed by atoms with E-state index in [9.17, 15) is 0 Å². The molecule has 1 N–H and O–H groups in total. The molecule has 1 aromatic heterocycles. The minimum absolute atomic E-state index is 0.134. The Balaban J connectivity index is 2.08. The first-order valence-electron chi connectivity index (χ1n) is 7.40. The monoisotopic (exact) mass is 387 g/mol. The van der Waals surface area contributed by atoms with Crippen LogP contribution in [-0.4, -0.2) is 14.8 Å². The zero-order valence-electron chi connectivity index (χ0n) is 13.3. The summed E-state index contributed by atoms with van der Waals surface area (Å²) in [5, 5.41) is 7.31. The summed E-state index contributed by atoms with van der Waals surface area (Å²) in [7, 11) is 0. The molecule has 2 aromatic carbocycles. The fourth-order valence-electron chi connectivity index (χ4n) is 2.44. The van der Waals surface area contributed by atoms with Crippen molar-refractivity contribution < 1.29 is 0 Å². The van der Waals surface area contributed by atoms with Crippen LogP contribution in [0.1, 0.15) is 26.3 Å². The number of halogens is 1. The Morgan fingerprint density at radius 2 is 1.61 bits per heavy atom. The van der Waals surface area contributed by atoms with E-state index in [1.807, 2.05) is 28.8 Å². The van der Waals surface area contributed by atoms with Crippen LogP contribution in [0.25, 0.3) is 17.1 Å². The van der Waals surface area contributed by atoms with Crippen molar-refractivity contribution >= 4 is 28.1 Å². The number of aromatic nitrogens is 3. The molecule has 3 nitrogen and oxygen atoms in total. The van der Waals surface area contributed by atoms with E-state index in [0.29, 0.717) is 4.77 Å². The minimum Gasteiger partial charge on any atom is -0.268 e. The lowest BCUT2D eigenvalue weighted by Gasteiger charge is -2.19. The molecule has 3 aromatic rings. The Hall–Kier alpha value is -1.72. The van der Waals surface area contributed by atoms with Crippen LogP contribution in [0.4, 0.5) is 0 Å². The average molecular weight is 388 g/mol. The van der Waals surface area contributed by atoms with Crippen molar-refractivity contribution in [1.29, 1.82) is 0 Å². The van der Waals surface area contributed by atoms with Gasteiger partial charge in [-0.15, -0.1) is 0 Å². The van der Waals surface area contributed by atoms with Gasteiger partial charge in [0.05, 0.1) is 5.69 Å². The van der Waals surface area contributed by atoms with Crippen LogP contribution in [0, 0.1) is 4.77 Å². The summed E-state index contributed by atoms with van der Waals surface area (Å²) in [6, 6.07) is 16.5. The number of H-pyrrole nitrogens is 1. The molecule has 0 saturated heterocycles. The highest BCUT2D eigenvalue weighted by Gasteiger charge is 2.15. The SMILES string of the molecule is CC(C)(C)c1ccc(-c2n[nH]c(=S)n2-c2ccc(Br)cc2)cc1. The summed E-state index contributed by atoms with van der Waals surface area (Å²) < 4.78 is 3.57. The van der Waals surface area contributed by atoms with Gasteiger partial charge in [0.2, 0.25) is 0 Å². The van der Waals surface area contributed by atoms with Crippen molar-refractivity contribution in [2.24, 2.45) is 0 Å². The molecular weight excluding hydrogens is 370 g/mol. The van der Waals surface area contributed by atoms with E-state index in [2.05, 4.69) is 71.2 Å². The van der Waals surface area contributed by atoms with Gasteiger partial charge < -0.3 is 0 Å². The molecule has 0 atom stereocenters. The van der Waals surface area contributed by atoms with Gasteiger partial charge in [0, 0.05) is 10.0 Å². The summed E-state index contributed by atoms with van der Waals surface area (Å²) in [5.41, 5.74) is 3.45. The van der Waals surface area contributed by atoms with Crippen molar-refractivity contribution in [3.63, 3.8) is 0 Å². The Labute approximate surface area is 149 Å². The second-order valence-electron chi connectivity index (χ2n) is 6.49. The number of rotatable bonds is 2. The quantitative estimate of drug-likeness (QED) is 0.575. The van der Waals surface area contributed by atoms with Crippen LogP contribution in [0.3, 0.4) is 0 Å². The zero-order chi connectivity index (χ0) is 16.6. The molecule has 3 rings (SSSR count). The number of aromatic amines is 1. The fourth-order valence-corrected chi connectivity index (χ4v) is 2.94. The van der Waals surface area contributed by atoms with Gasteiger partial charge in [0.25, 0.3) is 0 Å². The number of nitrogens with zero attached hydrogens (tertiary/aromatic N) is 2. The molecule has 0 spiro atoms. The van der Waals surface area contributed by atoms with E-state index in [-0.39, 0.29) is 5.41 Å². The van der Waals surface area contributed by atoms with Gasteiger partial charge in [-0.1, -0.05) is 61.0 Å². The third-order valence-corrected chi connectivity index (χ3v) is 4.57. The van der Waals surface area contributed by atoms with Crippen molar-refractivity contribution in [3.8, 4) is 17.1 Å². The van der Waals surface area contributed by atoms with Crippen molar-refractivity contribution in [2.45, 2.75) is 26.2 Å². The topological polar surface area (TPSA) is 33.6 Å². The summed E-state index contributed by atoms with van der Waals surface area (Å²) >= 11 is 8.86. The van der Waals surface area contributed by atoms with E-state index in [1.54, 1.807) is 0 Å². The number of hydrogen-bond acceptors (Lipinski definition) is 2. The Morgan fingerprint density at radius 3 is 2.17 bits per heavy atom. The first-order chi connectivity index (χ1) is 10.9. The van der Waals surface area contributed by atoms with Crippen LogP contribution in [0.5, 0.6) is 0 Å². The molecule has 0 aliphatic carbocycles. The standard InChI is InChI=1S/C18H18BrN3S/c1-18(2,3)13-6-4-12(5-7-13)16-20-21-17(23)22(16)15-10-8-14(19)9-11-15/h4-11H,1-3H3,(H,21,23). The molecule has 0 fully saturated rings. The second kappa shape index (κ2) is 6.06. The smallest absolute Gasteiger partial charge is 0.200 e. The lowest BCUT2D eigenvalue weighted by Crippen LogP contribution is -2.10. The van der Waals surface area contributed by atoms with Crippen LogP contribution in [0.2, 0.25) is 0 Å². The maximum absolute atomic E-state index is 5.41. The fraction of sp³-hybridized carbons (Fsp3) is 0.222. The van der Waals surface area contributed by atoms with E-state index in [0.717, 1.165) is 21.5 Å². The predicted octanol–water partition coefficient (Wildman–Crippen LogP) is 5.66. The number of benzene rings is 2. The van der Waals surface area contributed by atoms with E-state index < -0.39 is 0 Å². The third kappa shape index (κ3) is 3.31. The average Bonchev–Trinajstić information content (AvgIpc) is 2.89. The molecule has 0 aliphatic heterocycles. The van der Waals surface area contributed by atoms with E-state index >= 15 is 0 Å². The highest BCUT2D eigenvalue weighted by atomic mass is 79.9. The lowest BCUT2D eigenvalue weighted by molar-refractivity contribution is 0.590. The molecule has 0 bridgehead atoms. The van der Waals surface area contributed by atoms with Gasteiger partial charge in [-0.2, -0.15) is 5.10 Å². The normalized spacial score (nSPS) is 11.7. The zero-order valence-corrected chi connectivity index (χ0v) is 15.7. The molecule has 1 heterocycles. The van der Waals surface area contributed by atoms with Gasteiger partial charge in [-0.25, -0.2) is 0 Å². The molecule has 118 valence electrons. The summed E-state index contributed by atoms with van der Waals surface area (Å²) in [6.07, 6.45) is 0. The van der Waals surface area contributed by atoms with Crippen LogP contribution in [-0.2, 0) is 5.41 Å². The molecule has 5 heteroatoms. The first-order valence-corrected chi connectivity index (χ1v) is 8.61. The molecule has 0 saturated carbocycles. The van der Waals surface area contributed by atoms with Crippen molar-refractivity contribution in [1.82, 2.24) is 14.8 Å². The second-order valence-corrected chi connectivity index (χ2v) is 7.79. The number of hydrogen-bond donors (Lipinski definition) is 1. The van der Waals surface area contributed by atoms with Crippen LogP contribution >= 0.6 is 28.1 Å². The van der Waals surface area contributed by atoms with Crippen molar-refractivity contribution in [2.75, 3.05) is 0 Å². The molecule has 0 aliphatic rings. The van der Waals surface area contributed by atoms with Crippen LogP contribution < -0.4 is 0 Å². The molecule has 23 heavy (non-hydrogen) atoms. The minimum atomic E-state index is 0.134. The van der Waals surface area contributed by atoms with Gasteiger partial charge in [0.15, 0.2) is 10.6 Å². The summed E-state index contributed by atoms with van der Waals surface area (Å²) in [6.45, 7) is 6.62. The first kappa shape index (κ1) is 16.1. The summed E-state index contributed by atoms with van der Waals surface area (Å²) in [4.78, 5) is 0. The highest BCUT2D eigenvalue weighted by molar-refractivity contribution is 9.10. The highest BCUT2D eigenvalue weighted by Crippen LogP contribution is 2.27. The van der Waals surface area contributed by atoms with Crippen molar-refractivity contribution in [3.05, 3.63) is 63.3 Å². The predicted molar refractivity (Wildman–Crippen MR) is 101 cm³/mol. The van der Waals surface area contributed by atoms with Gasteiger partial charge in [-0.05, 0) is 47.5 Å². The third-order valence-electron chi connectivity index (χ3n) is 3.77. The maximum Gasteiger partial charge on any atom is 0.200 e. The van der Waals surface area contributed by atoms with Crippen LogP contribution in [0.15, 0.2) is 53.0 Å². The van der Waals surface area contributed by atoms with Gasteiger partial charge in [-0.3, -0.25) is 9.67 Å². The maximum atomic E-state index is 5.41. The molecule has 0 amide bonds. The Kier molecular flexibility index (Phi) is 4.25.